The second-order valence-corrected chi connectivity index (χ2v) is 5.58. The van der Waals surface area contributed by atoms with Gasteiger partial charge in [0.1, 0.15) is 5.82 Å². The highest BCUT2D eigenvalue weighted by molar-refractivity contribution is 9.10. The maximum atomic E-state index is 13.0. The highest BCUT2D eigenvalue weighted by Crippen LogP contribution is 2.20. The Labute approximate surface area is 115 Å². The second kappa shape index (κ2) is 6.42. The van der Waals surface area contributed by atoms with Crippen molar-refractivity contribution in [1.29, 1.82) is 0 Å². The molecule has 5 heteroatoms. The first-order valence-electron chi connectivity index (χ1n) is 5.36. The van der Waals surface area contributed by atoms with Crippen molar-refractivity contribution in [3.8, 4) is 0 Å². The van der Waals surface area contributed by atoms with Crippen molar-refractivity contribution in [1.82, 2.24) is 4.90 Å². The van der Waals surface area contributed by atoms with E-state index in [1.54, 1.807) is 6.07 Å². The number of benzene rings is 1. The van der Waals surface area contributed by atoms with Crippen LogP contribution in [0.1, 0.15) is 19.4 Å². The number of halogens is 2. The maximum absolute atomic E-state index is 13.0. The minimum Gasteiger partial charge on any atom is -0.392 e. The zero-order chi connectivity index (χ0) is 13.0. The lowest BCUT2D eigenvalue weighted by Crippen LogP contribution is -2.37. The Morgan fingerprint density at radius 2 is 2.18 bits per heavy atom. The molecule has 0 aliphatic heterocycles. The van der Waals surface area contributed by atoms with Gasteiger partial charge in [-0.3, -0.25) is 4.90 Å². The van der Waals surface area contributed by atoms with Crippen molar-refractivity contribution in [3.63, 3.8) is 0 Å². The zero-order valence-electron chi connectivity index (χ0n) is 9.91. The van der Waals surface area contributed by atoms with E-state index in [4.69, 9.17) is 18.0 Å². The van der Waals surface area contributed by atoms with Crippen molar-refractivity contribution in [2.24, 2.45) is 5.73 Å². The second-order valence-electron chi connectivity index (χ2n) is 4.20. The fraction of sp³-hybridized carbons (Fsp3) is 0.417. The number of thiocarbonyl (C=S) groups is 1. The van der Waals surface area contributed by atoms with Crippen LogP contribution < -0.4 is 5.73 Å². The van der Waals surface area contributed by atoms with Gasteiger partial charge >= 0.3 is 0 Å². The SMILES string of the molecule is CC(C)N(CC(N)=S)Cc1ccc(F)cc1Br. The van der Waals surface area contributed by atoms with Gasteiger partial charge in [-0.2, -0.15) is 0 Å². The summed E-state index contributed by atoms with van der Waals surface area (Å²) in [6, 6.07) is 5.02. The molecular weight excluding hydrogens is 303 g/mol. The van der Waals surface area contributed by atoms with E-state index in [1.165, 1.54) is 12.1 Å². The van der Waals surface area contributed by atoms with Gasteiger partial charge in [-0.15, -0.1) is 0 Å². The average molecular weight is 319 g/mol. The minimum absolute atomic E-state index is 0.244. The van der Waals surface area contributed by atoms with Crippen LogP contribution in [0.15, 0.2) is 22.7 Å². The predicted molar refractivity (Wildman–Crippen MR) is 76.4 cm³/mol. The smallest absolute Gasteiger partial charge is 0.124 e. The van der Waals surface area contributed by atoms with Gasteiger partial charge in [0.2, 0.25) is 0 Å². The molecule has 0 unspecified atom stereocenters. The summed E-state index contributed by atoms with van der Waals surface area (Å²) >= 11 is 8.29. The minimum atomic E-state index is -0.244. The molecule has 0 aliphatic carbocycles. The van der Waals surface area contributed by atoms with E-state index in [0.717, 1.165) is 10.0 Å². The Hall–Kier alpha value is -0.520. The summed E-state index contributed by atoms with van der Waals surface area (Å²) in [7, 11) is 0. The van der Waals surface area contributed by atoms with Gasteiger partial charge in [0.15, 0.2) is 0 Å². The molecule has 17 heavy (non-hydrogen) atoms. The van der Waals surface area contributed by atoms with Crippen LogP contribution in [0, 0.1) is 5.82 Å². The van der Waals surface area contributed by atoms with Gasteiger partial charge in [0, 0.05) is 23.6 Å². The first-order valence-corrected chi connectivity index (χ1v) is 6.56. The van der Waals surface area contributed by atoms with Crippen LogP contribution in [0.5, 0.6) is 0 Å². The average Bonchev–Trinajstić information content (AvgIpc) is 2.19. The van der Waals surface area contributed by atoms with Gasteiger partial charge in [0.05, 0.1) is 4.99 Å². The Kier molecular flexibility index (Phi) is 5.49. The molecule has 0 saturated carbocycles. The number of rotatable bonds is 5. The summed E-state index contributed by atoms with van der Waals surface area (Å²) in [6.07, 6.45) is 0. The molecule has 1 aromatic carbocycles. The molecule has 94 valence electrons. The van der Waals surface area contributed by atoms with Crippen LogP contribution >= 0.6 is 28.1 Å². The van der Waals surface area contributed by atoms with Crippen molar-refractivity contribution >= 4 is 33.1 Å². The largest absolute Gasteiger partial charge is 0.392 e. The third kappa shape index (κ3) is 4.69. The quantitative estimate of drug-likeness (QED) is 0.846. The third-order valence-electron chi connectivity index (χ3n) is 2.48. The molecule has 1 rings (SSSR count). The molecule has 0 atom stereocenters. The van der Waals surface area contributed by atoms with Crippen LogP contribution in [-0.4, -0.2) is 22.5 Å². The fourth-order valence-electron chi connectivity index (χ4n) is 1.49. The molecule has 0 bridgehead atoms. The van der Waals surface area contributed by atoms with E-state index in [9.17, 15) is 4.39 Å². The van der Waals surface area contributed by atoms with Crippen LogP contribution in [0.4, 0.5) is 4.39 Å². The fourth-order valence-corrected chi connectivity index (χ4v) is 2.13. The van der Waals surface area contributed by atoms with E-state index >= 15 is 0 Å². The van der Waals surface area contributed by atoms with Crippen LogP contribution in [0.2, 0.25) is 0 Å². The van der Waals surface area contributed by atoms with Crippen LogP contribution in [-0.2, 0) is 6.54 Å². The summed E-state index contributed by atoms with van der Waals surface area (Å²) in [6.45, 7) is 5.41. The van der Waals surface area contributed by atoms with Crippen LogP contribution in [0.3, 0.4) is 0 Å². The monoisotopic (exact) mass is 318 g/mol. The molecule has 1 aromatic rings. The van der Waals surface area contributed by atoms with Crippen molar-refractivity contribution in [3.05, 3.63) is 34.1 Å². The summed E-state index contributed by atoms with van der Waals surface area (Å²) in [4.78, 5) is 2.61. The first kappa shape index (κ1) is 14.5. The van der Waals surface area contributed by atoms with E-state index in [2.05, 4.69) is 34.7 Å². The topological polar surface area (TPSA) is 29.3 Å². The third-order valence-corrected chi connectivity index (χ3v) is 3.35. The van der Waals surface area contributed by atoms with Gasteiger partial charge in [-0.05, 0) is 31.5 Å². The summed E-state index contributed by atoms with van der Waals surface area (Å²) in [5.41, 5.74) is 6.59. The molecule has 0 aliphatic rings. The Balaban J connectivity index is 2.82. The molecule has 0 aromatic heterocycles. The highest BCUT2D eigenvalue weighted by Gasteiger charge is 2.13. The van der Waals surface area contributed by atoms with Gasteiger partial charge in [-0.1, -0.05) is 34.2 Å². The molecule has 0 amide bonds. The Morgan fingerprint density at radius 1 is 1.53 bits per heavy atom. The zero-order valence-corrected chi connectivity index (χ0v) is 12.3. The lowest BCUT2D eigenvalue weighted by Gasteiger charge is -2.26. The molecule has 0 saturated heterocycles. The summed E-state index contributed by atoms with van der Waals surface area (Å²) < 4.78 is 13.7. The number of hydrogen-bond acceptors (Lipinski definition) is 2. The normalized spacial score (nSPS) is 11.2. The van der Waals surface area contributed by atoms with E-state index < -0.39 is 0 Å². The lowest BCUT2D eigenvalue weighted by molar-refractivity contribution is 0.245. The summed E-state index contributed by atoms with van der Waals surface area (Å²) in [5, 5.41) is 0. The molecule has 0 fully saturated rings. The number of hydrogen-bond donors (Lipinski definition) is 1. The molecule has 0 heterocycles. The van der Waals surface area contributed by atoms with E-state index in [-0.39, 0.29) is 5.82 Å². The molecule has 0 radical (unpaired) electrons. The standard InChI is InChI=1S/C12H16BrFN2S/c1-8(2)16(7-12(15)17)6-9-3-4-10(14)5-11(9)13/h3-5,8H,6-7H2,1-2H3,(H2,15,17). The van der Waals surface area contributed by atoms with Gasteiger partial charge in [0.25, 0.3) is 0 Å². The van der Waals surface area contributed by atoms with Gasteiger partial charge in [-0.25, -0.2) is 4.39 Å². The van der Waals surface area contributed by atoms with E-state index in [0.29, 0.717) is 24.1 Å². The lowest BCUT2D eigenvalue weighted by atomic mass is 10.2. The molecule has 0 spiro atoms. The first-order chi connectivity index (χ1) is 7.90. The highest BCUT2D eigenvalue weighted by atomic mass is 79.9. The molecular formula is C12H16BrFN2S. The molecule has 2 N–H and O–H groups in total. The van der Waals surface area contributed by atoms with Crippen molar-refractivity contribution in [2.45, 2.75) is 26.4 Å². The van der Waals surface area contributed by atoms with Crippen molar-refractivity contribution in [2.75, 3.05) is 6.54 Å². The van der Waals surface area contributed by atoms with E-state index in [1.807, 2.05) is 0 Å². The number of nitrogens with zero attached hydrogens (tertiary/aromatic N) is 1. The molecule has 2 nitrogen and oxygen atoms in total. The van der Waals surface area contributed by atoms with Crippen LogP contribution in [0.25, 0.3) is 0 Å². The van der Waals surface area contributed by atoms with Crippen molar-refractivity contribution < 1.29 is 4.39 Å². The summed E-state index contributed by atoms with van der Waals surface area (Å²) in [5.74, 6) is -0.244. The predicted octanol–water partition coefficient (Wildman–Crippen LogP) is 3.08. The number of nitrogens with two attached hydrogens (primary N) is 1. The Bertz CT molecular complexity index is 409. The van der Waals surface area contributed by atoms with Gasteiger partial charge < -0.3 is 5.73 Å². The Morgan fingerprint density at radius 3 is 2.65 bits per heavy atom. The maximum Gasteiger partial charge on any atom is 0.124 e.